The molecule has 1 aliphatic rings. The van der Waals surface area contributed by atoms with E-state index in [2.05, 4.69) is 61.5 Å². The summed E-state index contributed by atoms with van der Waals surface area (Å²) in [4.78, 5) is 0. The van der Waals surface area contributed by atoms with Crippen molar-refractivity contribution in [2.75, 3.05) is 0 Å². The van der Waals surface area contributed by atoms with Gasteiger partial charge in [0, 0.05) is 10.2 Å². The van der Waals surface area contributed by atoms with Crippen LogP contribution in [0, 0.1) is 6.92 Å². The minimum absolute atomic E-state index is 0.646. The summed E-state index contributed by atoms with van der Waals surface area (Å²) in [6.45, 7) is 2.20. The Morgan fingerprint density at radius 2 is 1.65 bits per heavy atom. The summed E-state index contributed by atoms with van der Waals surface area (Å²) in [5.74, 6) is 0. The molecule has 1 aliphatic carbocycles. The third kappa shape index (κ3) is 1.67. The number of benzene rings is 2. The van der Waals surface area contributed by atoms with Gasteiger partial charge in [-0.2, -0.15) is 0 Å². The fourth-order valence-corrected chi connectivity index (χ4v) is 3.71. The molecule has 0 aliphatic heterocycles. The van der Waals surface area contributed by atoms with Gasteiger partial charge in [-0.15, -0.1) is 0 Å². The van der Waals surface area contributed by atoms with Gasteiger partial charge in [-0.25, -0.2) is 0 Å². The van der Waals surface area contributed by atoms with Gasteiger partial charge in [-0.1, -0.05) is 54.6 Å². The molecule has 1 heteroatoms. The molecule has 0 radical (unpaired) electrons. The molecule has 3 rings (SSSR count). The highest BCUT2D eigenvalue weighted by atomic mass is 28.1. The summed E-state index contributed by atoms with van der Waals surface area (Å²) < 4.78 is 0. The van der Waals surface area contributed by atoms with Crippen LogP contribution in [-0.2, 0) is 0 Å². The molecule has 84 valence electrons. The molecule has 0 amide bonds. The molecule has 0 N–H and O–H groups in total. The van der Waals surface area contributed by atoms with E-state index in [1.54, 1.807) is 0 Å². The lowest BCUT2D eigenvalue weighted by Crippen LogP contribution is -1.98. The normalized spacial score (nSPS) is 17.9. The van der Waals surface area contributed by atoms with Crippen molar-refractivity contribution >= 4 is 21.9 Å². The van der Waals surface area contributed by atoms with Crippen LogP contribution < -0.4 is 0 Å². The monoisotopic (exact) mass is 236 g/mol. The molecule has 17 heavy (non-hydrogen) atoms. The average molecular weight is 236 g/mol. The van der Waals surface area contributed by atoms with Gasteiger partial charge in [0.05, 0.1) is 0 Å². The standard InChI is InChI=1S/C16H16Si/c1-11-6-2-4-8-13(11)15-10-12-7-3-5-9-14(12)16(15)17/h2-10,16H,1,17H3. The van der Waals surface area contributed by atoms with Crippen LogP contribution in [-0.4, -0.2) is 10.2 Å². The van der Waals surface area contributed by atoms with Gasteiger partial charge in [-0.3, -0.25) is 0 Å². The van der Waals surface area contributed by atoms with Crippen molar-refractivity contribution in [3.05, 3.63) is 70.8 Å². The first-order chi connectivity index (χ1) is 8.27. The molecule has 0 bridgehead atoms. The Bertz CT molecular complexity index is 596. The van der Waals surface area contributed by atoms with E-state index in [9.17, 15) is 0 Å². The zero-order valence-electron chi connectivity index (χ0n) is 10.3. The first-order valence-electron chi connectivity index (χ1n) is 6.14. The van der Waals surface area contributed by atoms with Crippen molar-refractivity contribution in [2.45, 2.75) is 12.5 Å². The van der Waals surface area contributed by atoms with E-state index in [1.165, 1.54) is 38.1 Å². The summed E-state index contributed by atoms with van der Waals surface area (Å²) in [7, 11) is 1.18. The van der Waals surface area contributed by atoms with E-state index in [0.29, 0.717) is 5.54 Å². The van der Waals surface area contributed by atoms with Crippen LogP contribution in [0.2, 0.25) is 0 Å². The lowest BCUT2D eigenvalue weighted by molar-refractivity contribution is 1.24. The molecule has 0 heterocycles. The molecule has 0 fully saturated rings. The highest BCUT2D eigenvalue weighted by molar-refractivity contribution is 6.23. The number of allylic oxidation sites excluding steroid dienone is 1. The lowest BCUT2D eigenvalue weighted by Gasteiger charge is -2.13. The van der Waals surface area contributed by atoms with Crippen molar-refractivity contribution in [3.63, 3.8) is 0 Å². The number of fused-ring (bicyclic) bond motifs is 1. The van der Waals surface area contributed by atoms with Crippen molar-refractivity contribution in [2.24, 2.45) is 0 Å². The maximum Gasteiger partial charge on any atom is 0.0179 e. The molecular formula is C16H16Si. The first kappa shape index (κ1) is 10.5. The Balaban J connectivity index is 2.12. The van der Waals surface area contributed by atoms with Gasteiger partial charge in [-0.05, 0) is 40.3 Å². The average Bonchev–Trinajstić information content (AvgIpc) is 2.68. The maximum absolute atomic E-state index is 2.37. The number of rotatable bonds is 1. The zero-order chi connectivity index (χ0) is 11.8. The predicted molar refractivity (Wildman–Crippen MR) is 78.2 cm³/mol. The van der Waals surface area contributed by atoms with Crippen LogP contribution in [0.5, 0.6) is 0 Å². The topological polar surface area (TPSA) is 0 Å². The highest BCUT2D eigenvalue weighted by Crippen LogP contribution is 2.40. The van der Waals surface area contributed by atoms with Crippen LogP contribution in [0.4, 0.5) is 0 Å². The van der Waals surface area contributed by atoms with E-state index in [1.807, 2.05) is 0 Å². The van der Waals surface area contributed by atoms with Crippen LogP contribution in [0.3, 0.4) is 0 Å². The largest absolute Gasteiger partial charge is 0.0620 e. The minimum Gasteiger partial charge on any atom is -0.0620 e. The molecule has 0 saturated carbocycles. The van der Waals surface area contributed by atoms with Crippen molar-refractivity contribution in [3.8, 4) is 0 Å². The molecule has 1 unspecified atom stereocenters. The SMILES string of the molecule is Cc1ccccc1C1=Cc2ccccc2C1[SiH3]. The van der Waals surface area contributed by atoms with Gasteiger partial charge in [0.1, 0.15) is 0 Å². The Hall–Kier alpha value is -1.60. The summed E-state index contributed by atoms with van der Waals surface area (Å²) >= 11 is 0. The zero-order valence-corrected chi connectivity index (χ0v) is 12.3. The molecule has 2 aromatic rings. The molecule has 1 atom stereocenters. The van der Waals surface area contributed by atoms with Crippen LogP contribution in [0.15, 0.2) is 48.5 Å². The van der Waals surface area contributed by atoms with E-state index < -0.39 is 0 Å². The van der Waals surface area contributed by atoms with E-state index >= 15 is 0 Å². The second-order valence-corrected chi connectivity index (χ2v) is 5.92. The fraction of sp³-hybridized carbons (Fsp3) is 0.125. The molecule has 0 aromatic heterocycles. The van der Waals surface area contributed by atoms with Crippen molar-refractivity contribution in [1.29, 1.82) is 0 Å². The Labute approximate surface area is 105 Å². The molecule has 0 saturated heterocycles. The van der Waals surface area contributed by atoms with E-state index in [-0.39, 0.29) is 0 Å². The molecule has 0 nitrogen and oxygen atoms in total. The molecule has 2 aromatic carbocycles. The van der Waals surface area contributed by atoms with E-state index in [4.69, 9.17) is 0 Å². The third-order valence-corrected chi connectivity index (χ3v) is 4.94. The number of aryl methyl sites for hydroxylation is 1. The molecular weight excluding hydrogens is 220 g/mol. The second kappa shape index (κ2) is 4.01. The van der Waals surface area contributed by atoms with Gasteiger partial charge in [0.2, 0.25) is 0 Å². The summed E-state index contributed by atoms with van der Waals surface area (Å²) in [5, 5.41) is 0. The van der Waals surface area contributed by atoms with Gasteiger partial charge in [0.15, 0.2) is 0 Å². The third-order valence-electron chi connectivity index (χ3n) is 3.70. The maximum atomic E-state index is 2.37. The van der Waals surface area contributed by atoms with E-state index in [0.717, 1.165) is 0 Å². The van der Waals surface area contributed by atoms with Crippen molar-refractivity contribution in [1.82, 2.24) is 0 Å². The van der Waals surface area contributed by atoms with Gasteiger partial charge in [0.25, 0.3) is 0 Å². The highest BCUT2D eigenvalue weighted by Gasteiger charge is 2.22. The quantitative estimate of drug-likeness (QED) is 0.668. The first-order valence-corrected chi connectivity index (χ1v) is 7.29. The smallest absolute Gasteiger partial charge is 0.0179 e. The summed E-state index contributed by atoms with van der Waals surface area (Å²) in [5.41, 5.74) is 7.88. The number of hydrogen-bond donors (Lipinski definition) is 0. The number of hydrogen-bond acceptors (Lipinski definition) is 0. The summed E-state index contributed by atoms with van der Waals surface area (Å²) in [6, 6.07) is 17.5. The van der Waals surface area contributed by atoms with Gasteiger partial charge >= 0.3 is 0 Å². The predicted octanol–water partition coefficient (Wildman–Crippen LogP) is 2.96. The minimum atomic E-state index is 0.646. The van der Waals surface area contributed by atoms with Crippen LogP contribution in [0.1, 0.15) is 27.8 Å². The Kier molecular flexibility index (Phi) is 2.48. The molecule has 0 spiro atoms. The Morgan fingerprint density at radius 1 is 0.941 bits per heavy atom. The van der Waals surface area contributed by atoms with Crippen LogP contribution in [0.25, 0.3) is 11.6 Å². The second-order valence-electron chi connectivity index (χ2n) is 4.77. The van der Waals surface area contributed by atoms with Gasteiger partial charge < -0.3 is 0 Å². The van der Waals surface area contributed by atoms with Crippen molar-refractivity contribution < 1.29 is 0 Å². The lowest BCUT2D eigenvalue weighted by atomic mass is 9.98. The fourth-order valence-electron chi connectivity index (χ4n) is 2.70. The summed E-state index contributed by atoms with van der Waals surface area (Å²) in [6.07, 6.45) is 2.37. The Morgan fingerprint density at radius 3 is 2.41 bits per heavy atom. The van der Waals surface area contributed by atoms with Crippen LogP contribution >= 0.6 is 0 Å².